The van der Waals surface area contributed by atoms with Crippen molar-refractivity contribution >= 4 is 0 Å². The average Bonchev–Trinajstić information content (AvgIpc) is 3.11. The van der Waals surface area contributed by atoms with E-state index in [2.05, 4.69) is 56.4 Å². The lowest BCUT2D eigenvalue weighted by molar-refractivity contribution is 0.262. The summed E-state index contributed by atoms with van der Waals surface area (Å²) in [6.45, 7) is 7.95. The Bertz CT molecular complexity index is 421. The maximum atomic E-state index is 3.34. The van der Waals surface area contributed by atoms with Gasteiger partial charge in [0.05, 0.1) is 0 Å². The van der Waals surface area contributed by atoms with E-state index in [-0.39, 0.29) is 0 Å². The molecule has 0 spiro atoms. The second-order valence-corrected chi connectivity index (χ2v) is 6.44. The van der Waals surface area contributed by atoms with Crippen LogP contribution < -0.4 is 5.32 Å². The van der Waals surface area contributed by atoms with Crippen LogP contribution in [-0.2, 0) is 6.42 Å². The average molecular weight is 260 g/mol. The van der Waals surface area contributed by atoms with Gasteiger partial charge in [-0.15, -0.1) is 0 Å². The van der Waals surface area contributed by atoms with Gasteiger partial charge in [-0.05, 0) is 69.3 Å². The predicted octanol–water partition coefficient (Wildman–Crippen LogP) is 2.78. The summed E-state index contributed by atoms with van der Waals surface area (Å²) in [6, 6.07) is 6.86. The second-order valence-electron chi connectivity index (χ2n) is 6.44. The Labute approximate surface area is 118 Å². The normalized spacial score (nSPS) is 16.9. The summed E-state index contributed by atoms with van der Waals surface area (Å²) >= 11 is 0. The molecule has 1 aliphatic rings. The van der Waals surface area contributed by atoms with E-state index in [0.717, 1.165) is 13.0 Å². The zero-order valence-electron chi connectivity index (χ0n) is 12.9. The number of rotatable bonds is 7. The van der Waals surface area contributed by atoms with Crippen molar-refractivity contribution in [2.45, 2.75) is 33.1 Å². The molecule has 2 nitrogen and oxygen atoms in total. The summed E-state index contributed by atoms with van der Waals surface area (Å²) in [5, 5.41) is 3.34. The summed E-state index contributed by atoms with van der Waals surface area (Å²) in [6.07, 6.45) is 3.94. The molecule has 0 heterocycles. The number of aryl methyl sites for hydroxylation is 2. The maximum Gasteiger partial charge on any atom is 0.00472 e. The highest BCUT2D eigenvalue weighted by molar-refractivity contribution is 5.30. The monoisotopic (exact) mass is 260 g/mol. The molecule has 1 aliphatic carbocycles. The van der Waals surface area contributed by atoms with Crippen molar-refractivity contribution < 1.29 is 0 Å². The third-order valence-electron chi connectivity index (χ3n) is 4.47. The van der Waals surface area contributed by atoms with Crippen molar-refractivity contribution in [3.63, 3.8) is 0 Å². The van der Waals surface area contributed by atoms with Crippen molar-refractivity contribution in [2.24, 2.45) is 5.41 Å². The predicted molar refractivity (Wildman–Crippen MR) is 82.7 cm³/mol. The van der Waals surface area contributed by atoms with E-state index >= 15 is 0 Å². The van der Waals surface area contributed by atoms with Crippen molar-refractivity contribution in [3.05, 3.63) is 34.9 Å². The van der Waals surface area contributed by atoms with Crippen LogP contribution in [0.5, 0.6) is 0 Å². The minimum atomic E-state index is 0.576. The van der Waals surface area contributed by atoms with Gasteiger partial charge in [-0.25, -0.2) is 0 Å². The second kappa shape index (κ2) is 6.06. The van der Waals surface area contributed by atoms with Gasteiger partial charge in [0.15, 0.2) is 0 Å². The van der Waals surface area contributed by atoms with Gasteiger partial charge >= 0.3 is 0 Å². The number of likely N-dealkylation sites (N-methyl/N-ethyl adjacent to an activating group) is 1. The Morgan fingerprint density at radius 2 is 1.95 bits per heavy atom. The van der Waals surface area contributed by atoms with E-state index in [1.54, 1.807) is 0 Å². The Hall–Kier alpha value is -0.860. The summed E-state index contributed by atoms with van der Waals surface area (Å²) in [5.41, 5.74) is 4.85. The maximum absolute atomic E-state index is 3.34. The first-order chi connectivity index (χ1) is 9.04. The molecule has 0 amide bonds. The lowest BCUT2D eigenvalue weighted by Gasteiger charge is -2.23. The molecule has 1 saturated carbocycles. The molecule has 0 aromatic heterocycles. The van der Waals surface area contributed by atoms with Crippen molar-refractivity contribution in [2.75, 3.05) is 33.7 Å². The first-order valence-corrected chi connectivity index (χ1v) is 7.44. The highest BCUT2D eigenvalue weighted by Gasteiger charge is 2.42. The lowest BCUT2D eigenvalue weighted by atomic mass is 10.0. The molecule has 2 rings (SSSR count). The van der Waals surface area contributed by atoms with Crippen LogP contribution in [0.1, 0.15) is 29.5 Å². The third-order valence-corrected chi connectivity index (χ3v) is 4.47. The number of benzene rings is 1. The van der Waals surface area contributed by atoms with Gasteiger partial charge in [-0.3, -0.25) is 0 Å². The van der Waals surface area contributed by atoms with Gasteiger partial charge in [-0.2, -0.15) is 0 Å². The highest BCUT2D eigenvalue weighted by Crippen LogP contribution is 2.45. The van der Waals surface area contributed by atoms with Crippen LogP contribution in [0.4, 0.5) is 0 Å². The zero-order chi connectivity index (χ0) is 13.9. The fourth-order valence-electron chi connectivity index (χ4n) is 2.87. The molecule has 0 saturated heterocycles. The largest absolute Gasteiger partial charge is 0.319 e. The molecular weight excluding hydrogens is 232 g/mol. The molecule has 19 heavy (non-hydrogen) atoms. The molecule has 0 radical (unpaired) electrons. The smallest absolute Gasteiger partial charge is 0.00472 e. The SMILES string of the molecule is CNCC1(CN(C)CCc2ccc(C)c(C)c2)CC1. The van der Waals surface area contributed by atoms with Gasteiger partial charge in [0.25, 0.3) is 0 Å². The molecule has 1 N–H and O–H groups in total. The minimum absolute atomic E-state index is 0.576. The van der Waals surface area contributed by atoms with Gasteiger partial charge in [-0.1, -0.05) is 18.2 Å². The quantitative estimate of drug-likeness (QED) is 0.811. The van der Waals surface area contributed by atoms with Crippen molar-refractivity contribution in [1.82, 2.24) is 10.2 Å². The van der Waals surface area contributed by atoms with Crippen LogP contribution in [0, 0.1) is 19.3 Å². The molecule has 0 aliphatic heterocycles. The molecule has 2 heteroatoms. The lowest BCUT2D eigenvalue weighted by Crippen LogP contribution is -2.33. The molecular formula is C17H28N2. The molecule has 0 unspecified atom stereocenters. The van der Waals surface area contributed by atoms with Crippen LogP contribution in [-0.4, -0.2) is 38.6 Å². The fourth-order valence-corrected chi connectivity index (χ4v) is 2.87. The molecule has 106 valence electrons. The van der Waals surface area contributed by atoms with E-state index in [1.807, 2.05) is 0 Å². The van der Waals surface area contributed by atoms with Crippen molar-refractivity contribution in [3.8, 4) is 0 Å². The summed E-state index contributed by atoms with van der Waals surface area (Å²) in [7, 11) is 4.33. The van der Waals surface area contributed by atoms with Gasteiger partial charge in [0.1, 0.15) is 0 Å². The van der Waals surface area contributed by atoms with Gasteiger partial charge in [0, 0.05) is 19.6 Å². The topological polar surface area (TPSA) is 15.3 Å². The van der Waals surface area contributed by atoms with Crippen LogP contribution in [0.3, 0.4) is 0 Å². The molecule has 0 bridgehead atoms. The summed E-state index contributed by atoms with van der Waals surface area (Å²) in [5.74, 6) is 0. The standard InChI is InChI=1S/C17H28N2/c1-14-5-6-16(11-15(14)2)7-10-19(4)13-17(8-9-17)12-18-3/h5-6,11,18H,7-10,12-13H2,1-4H3. The number of hydrogen-bond acceptors (Lipinski definition) is 2. The Kier molecular flexibility index (Phi) is 4.64. The number of hydrogen-bond donors (Lipinski definition) is 1. The molecule has 1 fully saturated rings. The first-order valence-electron chi connectivity index (χ1n) is 7.44. The minimum Gasteiger partial charge on any atom is -0.319 e. The van der Waals surface area contributed by atoms with Crippen LogP contribution in [0.15, 0.2) is 18.2 Å². The van der Waals surface area contributed by atoms with Gasteiger partial charge < -0.3 is 10.2 Å². The van der Waals surface area contributed by atoms with E-state index in [9.17, 15) is 0 Å². The summed E-state index contributed by atoms with van der Waals surface area (Å²) in [4.78, 5) is 2.50. The molecule has 0 atom stereocenters. The van der Waals surface area contributed by atoms with Crippen LogP contribution >= 0.6 is 0 Å². The summed E-state index contributed by atoms with van der Waals surface area (Å²) < 4.78 is 0. The molecule has 1 aromatic rings. The Morgan fingerprint density at radius 3 is 2.53 bits per heavy atom. The van der Waals surface area contributed by atoms with Gasteiger partial charge in [0.2, 0.25) is 0 Å². The van der Waals surface area contributed by atoms with E-state index < -0.39 is 0 Å². The van der Waals surface area contributed by atoms with Crippen molar-refractivity contribution in [1.29, 1.82) is 0 Å². The van der Waals surface area contributed by atoms with E-state index in [0.29, 0.717) is 5.41 Å². The number of nitrogens with zero attached hydrogens (tertiary/aromatic N) is 1. The fraction of sp³-hybridized carbons (Fsp3) is 0.647. The van der Waals surface area contributed by atoms with E-state index in [4.69, 9.17) is 0 Å². The van der Waals surface area contributed by atoms with Crippen LogP contribution in [0.25, 0.3) is 0 Å². The third kappa shape index (κ3) is 4.05. The highest BCUT2D eigenvalue weighted by atomic mass is 15.1. The zero-order valence-corrected chi connectivity index (χ0v) is 12.9. The number of nitrogens with one attached hydrogen (secondary N) is 1. The Morgan fingerprint density at radius 1 is 1.21 bits per heavy atom. The van der Waals surface area contributed by atoms with E-state index in [1.165, 1.54) is 42.6 Å². The Balaban J connectivity index is 1.80. The van der Waals surface area contributed by atoms with Crippen LogP contribution in [0.2, 0.25) is 0 Å². The first kappa shape index (κ1) is 14.5. The molecule has 1 aromatic carbocycles.